The maximum absolute atomic E-state index is 12.0. The second kappa shape index (κ2) is 5.06. The average molecular weight is 287 g/mol. The molecule has 3 rings (SSSR count). The van der Waals surface area contributed by atoms with E-state index in [1.807, 2.05) is 0 Å². The van der Waals surface area contributed by atoms with Gasteiger partial charge in [-0.25, -0.2) is 0 Å². The van der Waals surface area contributed by atoms with E-state index < -0.39 is 0 Å². The molecule has 1 atom stereocenters. The van der Waals surface area contributed by atoms with Crippen LogP contribution in [0, 0.1) is 17.2 Å². The molecule has 1 aliphatic rings. The van der Waals surface area contributed by atoms with Crippen LogP contribution in [0.2, 0.25) is 0 Å². The summed E-state index contributed by atoms with van der Waals surface area (Å²) in [5.41, 5.74) is 1.92. The molecule has 2 aromatic heterocycles. The van der Waals surface area contributed by atoms with E-state index in [9.17, 15) is 10.1 Å². The Hall–Kier alpha value is -2.20. The number of nitriles is 1. The number of thiophene rings is 1. The van der Waals surface area contributed by atoms with Crippen molar-refractivity contribution >= 4 is 22.2 Å². The smallest absolute Gasteiger partial charge is 0.278 e. The maximum atomic E-state index is 12.0. The lowest BCUT2D eigenvalue weighted by Crippen LogP contribution is -2.12. The number of fused-ring (bicyclic) bond motifs is 1. The fraction of sp³-hybridized carbons (Fsp3) is 0.385. The van der Waals surface area contributed by atoms with Crippen LogP contribution in [0.5, 0.6) is 0 Å². The van der Waals surface area contributed by atoms with Crippen LogP contribution >= 0.6 is 11.3 Å². The summed E-state index contributed by atoms with van der Waals surface area (Å²) in [6.45, 7) is 2.21. The van der Waals surface area contributed by atoms with Gasteiger partial charge in [0.2, 0.25) is 0 Å². The molecular formula is C13H13N5OS. The number of carbonyl (C=O) groups excluding carboxylic acids is 1. The third kappa shape index (κ3) is 2.18. The van der Waals surface area contributed by atoms with Gasteiger partial charge in [0.15, 0.2) is 5.69 Å². The second-order valence-electron chi connectivity index (χ2n) is 4.98. The normalized spacial score (nSPS) is 17.3. The zero-order valence-electron chi connectivity index (χ0n) is 10.9. The first-order valence-electron chi connectivity index (χ1n) is 6.40. The van der Waals surface area contributed by atoms with Crippen LogP contribution < -0.4 is 5.32 Å². The van der Waals surface area contributed by atoms with Crippen molar-refractivity contribution in [3.63, 3.8) is 0 Å². The summed E-state index contributed by atoms with van der Waals surface area (Å²) in [5, 5.41) is 22.5. The second-order valence-corrected chi connectivity index (χ2v) is 6.08. The lowest BCUT2D eigenvalue weighted by Gasteiger charge is -2.17. The van der Waals surface area contributed by atoms with Crippen LogP contribution in [0.15, 0.2) is 6.20 Å². The van der Waals surface area contributed by atoms with E-state index in [0.29, 0.717) is 16.5 Å². The molecular weight excluding hydrogens is 274 g/mol. The number of aromatic nitrogens is 3. The minimum atomic E-state index is -0.345. The number of amides is 1. The third-order valence-corrected chi connectivity index (χ3v) is 4.67. The van der Waals surface area contributed by atoms with Gasteiger partial charge < -0.3 is 5.32 Å². The van der Waals surface area contributed by atoms with Crippen LogP contribution in [0.4, 0.5) is 5.00 Å². The summed E-state index contributed by atoms with van der Waals surface area (Å²) in [5.74, 6) is 0.286. The van der Waals surface area contributed by atoms with E-state index in [1.165, 1.54) is 22.4 Å². The fourth-order valence-electron chi connectivity index (χ4n) is 2.44. The van der Waals surface area contributed by atoms with Crippen molar-refractivity contribution in [3.05, 3.63) is 27.9 Å². The van der Waals surface area contributed by atoms with Gasteiger partial charge >= 0.3 is 0 Å². The molecule has 20 heavy (non-hydrogen) atoms. The number of aromatic amines is 1. The molecule has 2 N–H and O–H groups in total. The van der Waals surface area contributed by atoms with E-state index in [2.05, 4.69) is 33.7 Å². The van der Waals surface area contributed by atoms with Gasteiger partial charge in [0.05, 0.1) is 11.8 Å². The van der Waals surface area contributed by atoms with Gasteiger partial charge in [0, 0.05) is 4.88 Å². The first-order chi connectivity index (χ1) is 9.69. The quantitative estimate of drug-likeness (QED) is 0.884. The highest BCUT2D eigenvalue weighted by molar-refractivity contribution is 7.16. The topological polar surface area (TPSA) is 94.5 Å². The number of carbonyl (C=O) groups is 1. The zero-order chi connectivity index (χ0) is 14.1. The van der Waals surface area contributed by atoms with Gasteiger partial charge in [-0.05, 0) is 30.7 Å². The van der Waals surface area contributed by atoms with Crippen molar-refractivity contribution in [1.82, 2.24) is 15.4 Å². The molecule has 1 aliphatic carbocycles. The van der Waals surface area contributed by atoms with Crippen molar-refractivity contribution in [3.8, 4) is 6.07 Å². The molecule has 0 spiro atoms. The van der Waals surface area contributed by atoms with E-state index in [0.717, 1.165) is 24.8 Å². The molecule has 102 valence electrons. The molecule has 0 saturated carbocycles. The summed E-state index contributed by atoms with van der Waals surface area (Å²) < 4.78 is 0. The Morgan fingerprint density at radius 1 is 1.65 bits per heavy atom. The third-order valence-electron chi connectivity index (χ3n) is 3.50. The van der Waals surface area contributed by atoms with Crippen LogP contribution in [-0.4, -0.2) is 21.3 Å². The Bertz CT molecular complexity index is 682. The number of hydrogen-bond acceptors (Lipinski definition) is 5. The highest BCUT2D eigenvalue weighted by atomic mass is 32.1. The van der Waals surface area contributed by atoms with Gasteiger partial charge in [0.25, 0.3) is 5.91 Å². The predicted octanol–water partition coefficient (Wildman–Crippen LogP) is 2.11. The summed E-state index contributed by atoms with van der Waals surface area (Å²) in [6, 6.07) is 2.22. The van der Waals surface area contributed by atoms with E-state index in [4.69, 9.17) is 0 Å². The largest absolute Gasteiger partial charge is 0.311 e. The molecule has 0 aromatic carbocycles. The summed E-state index contributed by atoms with van der Waals surface area (Å²) in [4.78, 5) is 13.2. The lowest BCUT2D eigenvalue weighted by molar-refractivity contribution is 0.102. The Kier molecular flexibility index (Phi) is 3.24. The van der Waals surface area contributed by atoms with Gasteiger partial charge in [-0.2, -0.15) is 20.7 Å². The van der Waals surface area contributed by atoms with Gasteiger partial charge in [-0.1, -0.05) is 6.92 Å². The monoisotopic (exact) mass is 287 g/mol. The van der Waals surface area contributed by atoms with Crippen LogP contribution in [0.3, 0.4) is 0 Å². The molecule has 6 nitrogen and oxygen atoms in total. The molecule has 2 aromatic rings. The molecule has 0 radical (unpaired) electrons. The molecule has 0 saturated heterocycles. The van der Waals surface area contributed by atoms with Crippen LogP contribution in [0.25, 0.3) is 0 Å². The molecule has 2 heterocycles. The van der Waals surface area contributed by atoms with Crippen molar-refractivity contribution in [1.29, 1.82) is 5.26 Å². The highest BCUT2D eigenvalue weighted by Crippen LogP contribution is 2.39. The first kappa shape index (κ1) is 12.8. The Labute approximate surface area is 119 Å². The summed E-state index contributed by atoms with van der Waals surface area (Å²) >= 11 is 1.50. The summed E-state index contributed by atoms with van der Waals surface area (Å²) in [6.07, 6.45) is 4.34. The average Bonchev–Trinajstić information content (AvgIpc) is 3.04. The van der Waals surface area contributed by atoms with Gasteiger partial charge in [0.1, 0.15) is 11.1 Å². The van der Waals surface area contributed by atoms with Crippen molar-refractivity contribution in [2.24, 2.45) is 5.92 Å². The van der Waals surface area contributed by atoms with Crippen LogP contribution in [0.1, 0.15) is 39.8 Å². The van der Waals surface area contributed by atoms with Gasteiger partial charge in [-0.15, -0.1) is 11.3 Å². The SMILES string of the molecule is CC1CCc2c(sc(NC(=O)c3cn[nH]n3)c2C#N)C1. The number of nitrogens with one attached hydrogen (secondary N) is 2. The minimum Gasteiger partial charge on any atom is -0.311 e. The Morgan fingerprint density at radius 2 is 2.50 bits per heavy atom. The lowest BCUT2D eigenvalue weighted by atomic mass is 9.89. The molecule has 0 aliphatic heterocycles. The molecule has 7 heteroatoms. The number of rotatable bonds is 2. The molecule has 1 unspecified atom stereocenters. The van der Waals surface area contributed by atoms with E-state index >= 15 is 0 Å². The number of hydrogen-bond donors (Lipinski definition) is 2. The minimum absolute atomic E-state index is 0.216. The van der Waals surface area contributed by atoms with E-state index in [1.54, 1.807) is 0 Å². The van der Waals surface area contributed by atoms with Gasteiger partial charge in [-0.3, -0.25) is 4.79 Å². The fourth-order valence-corrected chi connectivity index (χ4v) is 3.79. The maximum Gasteiger partial charge on any atom is 0.278 e. The number of nitrogens with zero attached hydrogens (tertiary/aromatic N) is 3. The highest BCUT2D eigenvalue weighted by Gasteiger charge is 2.25. The van der Waals surface area contributed by atoms with Crippen molar-refractivity contribution in [2.45, 2.75) is 26.2 Å². The standard InChI is InChI=1S/C13H13N5OS/c1-7-2-3-8-9(5-14)13(20-11(8)4-7)16-12(19)10-6-15-18-17-10/h6-7H,2-4H2,1H3,(H,16,19)(H,15,17,18). The molecule has 1 amide bonds. The molecule has 0 bridgehead atoms. The Morgan fingerprint density at radius 3 is 3.20 bits per heavy atom. The zero-order valence-corrected chi connectivity index (χ0v) is 11.8. The predicted molar refractivity (Wildman–Crippen MR) is 74.6 cm³/mol. The summed E-state index contributed by atoms with van der Waals surface area (Å²) in [7, 11) is 0. The molecule has 0 fully saturated rings. The van der Waals surface area contributed by atoms with Crippen LogP contribution in [-0.2, 0) is 12.8 Å². The Balaban J connectivity index is 1.91. The number of H-pyrrole nitrogens is 1. The number of anilines is 1. The van der Waals surface area contributed by atoms with Crippen molar-refractivity contribution in [2.75, 3.05) is 5.32 Å². The van der Waals surface area contributed by atoms with Crippen molar-refractivity contribution < 1.29 is 4.79 Å². The first-order valence-corrected chi connectivity index (χ1v) is 7.22. The van der Waals surface area contributed by atoms with E-state index in [-0.39, 0.29) is 11.6 Å².